The smallest absolute Gasteiger partial charge is 0.261 e. The summed E-state index contributed by atoms with van der Waals surface area (Å²) in [6.07, 6.45) is 4.52. The lowest BCUT2D eigenvalue weighted by molar-refractivity contribution is -0.170. The molecule has 1 aliphatic heterocycles. The third kappa shape index (κ3) is 2.34. The predicted octanol–water partition coefficient (Wildman–Crippen LogP) is 3.33. The average molecular weight is 391 g/mol. The average Bonchev–Trinajstić information content (AvgIpc) is 2.67. The molecule has 2 aromatic rings. The van der Waals surface area contributed by atoms with E-state index in [9.17, 15) is 19.8 Å². The highest BCUT2D eigenvalue weighted by Crippen LogP contribution is 2.62. The van der Waals surface area contributed by atoms with E-state index in [1.807, 2.05) is 24.3 Å². The van der Waals surface area contributed by atoms with Gasteiger partial charge in [0.1, 0.15) is 0 Å². The van der Waals surface area contributed by atoms with Crippen molar-refractivity contribution in [3.63, 3.8) is 0 Å². The fourth-order valence-corrected chi connectivity index (χ4v) is 7.57. The van der Waals surface area contributed by atoms with Gasteiger partial charge in [0.2, 0.25) is 0 Å². The van der Waals surface area contributed by atoms with Crippen molar-refractivity contribution in [2.75, 3.05) is 0 Å². The maximum atomic E-state index is 13.5. The number of aliphatic hydroxyl groups is 2. The Bertz CT molecular complexity index is 956. The maximum Gasteiger partial charge on any atom is 0.261 e. The molecule has 4 aliphatic carbocycles. The first-order valence-corrected chi connectivity index (χ1v) is 10.7. The highest BCUT2D eigenvalue weighted by atomic mass is 16.5. The molecule has 1 atom stereocenters. The van der Waals surface area contributed by atoms with Gasteiger partial charge < -0.3 is 10.2 Å². The van der Waals surface area contributed by atoms with Crippen molar-refractivity contribution < 1.29 is 19.8 Å². The summed E-state index contributed by atoms with van der Waals surface area (Å²) < 4.78 is 0. The van der Waals surface area contributed by atoms with Crippen molar-refractivity contribution in [3.8, 4) is 0 Å². The monoisotopic (exact) mass is 391 g/mol. The Hall–Kier alpha value is -2.24. The standard InChI is InChI=1S/C24H25NO4/c26-21-17-5-1-3-16-4-2-6-18(19(16)17)22(27)25(21)20(23(28)29)24-10-13-7-14(11-24)9-15(8-13)12-24/h1-6,13-15,20,23,28-29H,7-12H2/t13?,14?,15?,20-,24?/m0/s1. The molecule has 4 fully saturated rings. The number of nitrogens with zero attached hydrogens (tertiary/aromatic N) is 1. The van der Waals surface area contributed by atoms with Crippen LogP contribution in [-0.2, 0) is 0 Å². The molecule has 29 heavy (non-hydrogen) atoms. The molecule has 2 N–H and O–H groups in total. The Labute approximate surface area is 169 Å². The summed E-state index contributed by atoms with van der Waals surface area (Å²) in [4.78, 5) is 28.3. The fourth-order valence-electron chi connectivity index (χ4n) is 7.57. The van der Waals surface area contributed by atoms with E-state index in [0.29, 0.717) is 34.3 Å². The van der Waals surface area contributed by atoms with E-state index < -0.39 is 24.1 Å². The molecule has 2 amide bonds. The number of imide groups is 1. The maximum absolute atomic E-state index is 13.5. The van der Waals surface area contributed by atoms with E-state index in [0.717, 1.165) is 24.6 Å². The number of carbonyl (C=O) groups is 2. The van der Waals surface area contributed by atoms with Crippen LogP contribution >= 0.6 is 0 Å². The number of hydrogen-bond donors (Lipinski definition) is 2. The Morgan fingerprint density at radius 2 is 1.31 bits per heavy atom. The van der Waals surface area contributed by atoms with Crippen molar-refractivity contribution in [3.05, 3.63) is 47.5 Å². The molecule has 5 aliphatic rings. The van der Waals surface area contributed by atoms with Gasteiger partial charge in [-0.3, -0.25) is 14.5 Å². The van der Waals surface area contributed by atoms with Crippen LogP contribution in [0.15, 0.2) is 36.4 Å². The van der Waals surface area contributed by atoms with Gasteiger partial charge in [-0.05, 0) is 79.2 Å². The lowest BCUT2D eigenvalue weighted by atomic mass is 9.47. The summed E-state index contributed by atoms with van der Waals surface area (Å²) in [5, 5.41) is 22.6. The topological polar surface area (TPSA) is 77.8 Å². The van der Waals surface area contributed by atoms with Crippen LogP contribution < -0.4 is 0 Å². The number of aliphatic hydroxyl groups excluding tert-OH is 1. The molecule has 0 spiro atoms. The van der Waals surface area contributed by atoms with E-state index in [1.54, 1.807) is 12.1 Å². The largest absolute Gasteiger partial charge is 0.366 e. The first-order valence-electron chi connectivity index (χ1n) is 10.7. The number of carbonyl (C=O) groups excluding carboxylic acids is 2. The van der Waals surface area contributed by atoms with Crippen LogP contribution in [0, 0.1) is 23.2 Å². The molecule has 0 saturated heterocycles. The van der Waals surface area contributed by atoms with Crippen LogP contribution in [0.2, 0.25) is 0 Å². The first-order chi connectivity index (χ1) is 14.0. The molecule has 5 nitrogen and oxygen atoms in total. The molecule has 4 bridgehead atoms. The molecule has 5 heteroatoms. The molecule has 4 saturated carbocycles. The quantitative estimate of drug-likeness (QED) is 0.621. The van der Waals surface area contributed by atoms with Gasteiger partial charge in [0, 0.05) is 16.5 Å². The van der Waals surface area contributed by atoms with Gasteiger partial charge >= 0.3 is 0 Å². The number of hydrogen-bond acceptors (Lipinski definition) is 4. The van der Waals surface area contributed by atoms with E-state index >= 15 is 0 Å². The van der Waals surface area contributed by atoms with Crippen molar-refractivity contribution in [1.82, 2.24) is 4.90 Å². The highest BCUT2D eigenvalue weighted by Gasteiger charge is 2.59. The van der Waals surface area contributed by atoms with Crippen molar-refractivity contribution in [1.29, 1.82) is 0 Å². The lowest BCUT2D eigenvalue weighted by Crippen LogP contribution is -2.64. The van der Waals surface area contributed by atoms with Crippen LogP contribution in [0.1, 0.15) is 59.2 Å². The number of benzene rings is 2. The Balaban J connectivity index is 1.50. The third-order valence-electron chi connectivity index (χ3n) is 8.08. The summed E-state index contributed by atoms with van der Waals surface area (Å²) in [5.41, 5.74) is 0.579. The molecular weight excluding hydrogens is 366 g/mol. The summed E-state index contributed by atoms with van der Waals surface area (Å²) in [7, 11) is 0. The molecule has 0 aromatic heterocycles. The van der Waals surface area contributed by atoms with E-state index in [4.69, 9.17) is 0 Å². The van der Waals surface area contributed by atoms with Crippen LogP contribution in [0.25, 0.3) is 10.8 Å². The minimum Gasteiger partial charge on any atom is -0.366 e. The van der Waals surface area contributed by atoms with Crippen LogP contribution in [0.5, 0.6) is 0 Å². The van der Waals surface area contributed by atoms with Crippen molar-refractivity contribution in [2.24, 2.45) is 23.2 Å². The normalized spacial score (nSPS) is 33.8. The van der Waals surface area contributed by atoms with Gasteiger partial charge in [0.25, 0.3) is 11.8 Å². The summed E-state index contributed by atoms with van der Waals surface area (Å²) >= 11 is 0. The molecular formula is C24H25NO4. The minimum atomic E-state index is -1.73. The van der Waals surface area contributed by atoms with Gasteiger partial charge in [-0.1, -0.05) is 24.3 Å². The third-order valence-corrected chi connectivity index (χ3v) is 8.08. The van der Waals surface area contributed by atoms with Crippen LogP contribution in [0.4, 0.5) is 0 Å². The van der Waals surface area contributed by atoms with Gasteiger partial charge in [-0.15, -0.1) is 0 Å². The highest BCUT2D eigenvalue weighted by molar-refractivity contribution is 6.25. The summed E-state index contributed by atoms with van der Waals surface area (Å²) in [6, 6.07) is 10.0. The van der Waals surface area contributed by atoms with Crippen molar-refractivity contribution in [2.45, 2.75) is 50.9 Å². The lowest BCUT2D eigenvalue weighted by Gasteiger charge is -2.60. The first kappa shape index (κ1) is 17.6. The van der Waals surface area contributed by atoms with Gasteiger partial charge in [0.05, 0.1) is 6.04 Å². The zero-order valence-electron chi connectivity index (χ0n) is 16.3. The second-order valence-corrected chi connectivity index (χ2v) is 9.83. The minimum absolute atomic E-state index is 0.381. The molecule has 150 valence electrons. The molecule has 7 rings (SSSR count). The molecule has 2 aromatic carbocycles. The van der Waals surface area contributed by atoms with E-state index in [-0.39, 0.29) is 5.41 Å². The van der Waals surface area contributed by atoms with Crippen LogP contribution in [0.3, 0.4) is 0 Å². The zero-order chi connectivity index (χ0) is 19.9. The fraction of sp³-hybridized carbons (Fsp3) is 0.500. The van der Waals surface area contributed by atoms with Gasteiger partial charge in [0.15, 0.2) is 6.29 Å². The van der Waals surface area contributed by atoms with Crippen molar-refractivity contribution >= 4 is 22.6 Å². The molecule has 1 heterocycles. The zero-order valence-corrected chi connectivity index (χ0v) is 16.3. The Morgan fingerprint density at radius 3 is 1.76 bits per heavy atom. The predicted molar refractivity (Wildman–Crippen MR) is 107 cm³/mol. The van der Waals surface area contributed by atoms with E-state index in [2.05, 4.69) is 0 Å². The van der Waals surface area contributed by atoms with Gasteiger partial charge in [-0.25, -0.2) is 0 Å². The number of amides is 2. The van der Waals surface area contributed by atoms with E-state index in [1.165, 1.54) is 24.2 Å². The Morgan fingerprint density at radius 1 is 0.828 bits per heavy atom. The summed E-state index contributed by atoms with van der Waals surface area (Å²) in [6.45, 7) is 0. The van der Waals surface area contributed by atoms with Crippen LogP contribution in [-0.4, -0.2) is 39.3 Å². The number of rotatable bonds is 3. The Kier molecular flexibility index (Phi) is 3.58. The molecule has 0 unspecified atom stereocenters. The molecule has 0 radical (unpaired) electrons. The summed E-state index contributed by atoms with van der Waals surface area (Å²) in [5.74, 6) is 0.941. The second kappa shape index (κ2) is 5.89. The van der Waals surface area contributed by atoms with Gasteiger partial charge in [-0.2, -0.15) is 0 Å². The second-order valence-electron chi connectivity index (χ2n) is 9.83. The SMILES string of the molecule is O=C1c2cccc3cccc(c23)C(=O)N1[C@@H](C(O)O)C12CC3CC(CC(C3)C1)C2.